The Balaban J connectivity index is 1.84. The van der Waals surface area contributed by atoms with E-state index in [1.54, 1.807) is 24.3 Å². The van der Waals surface area contributed by atoms with Crippen LogP contribution in [0.4, 0.5) is 0 Å². The van der Waals surface area contributed by atoms with Gasteiger partial charge in [-0.1, -0.05) is 59.7 Å². The summed E-state index contributed by atoms with van der Waals surface area (Å²) in [6.45, 7) is 3.66. The quantitative estimate of drug-likeness (QED) is 0.394. The first-order valence-electron chi connectivity index (χ1n) is 11.1. The highest BCUT2D eigenvalue weighted by Gasteiger charge is 2.29. The van der Waals surface area contributed by atoms with Crippen LogP contribution in [-0.4, -0.2) is 9.13 Å². The van der Waals surface area contributed by atoms with Gasteiger partial charge in [0.05, 0.1) is 45.8 Å². The first kappa shape index (κ1) is 22.7. The Hall–Kier alpha value is -5.08. The number of aromatic nitrogens is 2. The molecule has 0 amide bonds. The summed E-state index contributed by atoms with van der Waals surface area (Å²) in [7, 11) is 0. The van der Waals surface area contributed by atoms with Crippen molar-refractivity contribution in [1.82, 2.24) is 9.13 Å². The second-order valence-electron chi connectivity index (χ2n) is 8.84. The number of hydrogen-bond donors (Lipinski definition) is 0. The monoisotopic (exact) mass is 474 g/mol. The van der Waals surface area contributed by atoms with Gasteiger partial charge in [-0.2, -0.15) is 10.5 Å². The second-order valence-corrected chi connectivity index (χ2v) is 8.84. The third kappa shape index (κ3) is 3.28. The van der Waals surface area contributed by atoms with Gasteiger partial charge in [0.25, 0.3) is 22.2 Å². The third-order valence-electron chi connectivity index (χ3n) is 6.48. The summed E-state index contributed by atoms with van der Waals surface area (Å²) in [5, 5.41) is 18.7. The molecule has 0 aliphatic heterocycles. The minimum absolute atomic E-state index is 0.0749. The van der Waals surface area contributed by atoms with E-state index in [9.17, 15) is 29.7 Å². The molecule has 0 N–H and O–H groups in total. The molecule has 0 saturated carbocycles. The van der Waals surface area contributed by atoms with Crippen LogP contribution in [0.15, 0.2) is 67.7 Å². The lowest BCUT2D eigenvalue weighted by atomic mass is 9.98. The Morgan fingerprint density at radius 3 is 1.08 bits per heavy atom. The number of rotatable bonds is 4. The number of benzene rings is 3. The summed E-state index contributed by atoms with van der Waals surface area (Å²) in [6.07, 6.45) is 0. The molecule has 8 heteroatoms. The molecular weight excluding hydrogens is 456 g/mol. The van der Waals surface area contributed by atoms with Crippen molar-refractivity contribution in [3.8, 4) is 12.1 Å². The van der Waals surface area contributed by atoms with Crippen LogP contribution in [0.3, 0.4) is 0 Å². The minimum atomic E-state index is -0.774. The highest BCUT2D eigenvalue weighted by molar-refractivity contribution is 6.09. The van der Waals surface area contributed by atoms with Gasteiger partial charge in [-0.25, -0.2) is 0 Å². The van der Waals surface area contributed by atoms with Crippen LogP contribution in [0.5, 0.6) is 0 Å². The van der Waals surface area contributed by atoms with Crippen LogP contribution in [-0.2, 0) is 13.1 Å². The van der Waals surface area contributed by atoms with Crippen molar-refractivity contribution in [1.29, 1.82) is 10.5 Å². The van der Waals surface area contributed by atoms with Gasteiger partial charge in [0.2, 0.25) is 0 Å². The van der Waals surface area contributed by atoms with Crippen LogP contribution in [0.2, 0.25) is 0 Å². The molecule has 5 rings (SSSR count). The van der Waals surface area contributed by atoms with Crippen LogP contribution >= 0.6 is 0 Å². The van der Waals surface area contributed by atoms with Crippen molar-refractivity contribution in [3.05, 3.63) is 123 Å². The van der Waals surface area contributed by atoms with E-state index in [1.807, 2.05) is 50.3 Å². The van der Waals surface area contributed by atoms with Crippen molar-refractivity contribution in [2.24, 2.45) is 0 Å². The molecule has 3 aromatic carbocycles. The summed E-state index contributed by atoms with van der Waals surface area (Å²) in [5.74, 6) is 0. The molecule has 0 fully saturated rings. The Kier molecular flexibility index (Phi) is 5.23. The SMILES string of the molecule is Cc1ccc(Cn2c(=O)c3c(C#N)c4c(=O)n(Cc5ccc(C)cc5)c(=O)c4c(C#N)c3c2=O)cc1. The maximum atomic E-state index is 13.4. The van der Waals surface area contributed by atoms with Gasteiger partial charge >= 0.3 is 0 Å². The fraction of sp³-hybridized carbons (Fsp3) is 0.143. The molecule has 0 aliphatic carbocycles. The zero-order chi connectivity index (χ0) is 25.7. The lowest BCUT2D eigenvalue weighted by molar-refractivity contribution is 0.752. The summed E-state index contributed by atoms with van der Waals surface area (Å²) < 4.78 is 1.87. The average molecular weight is 474 g/mol. The molecule has 174 valence electrons. The fourth-order valence-corrected chi connectivity index (χ4v) is 4.59. The largest absolute Gasteiger partial charge is 0.270 e. The summed E-state index contributed by atoms with van der Waals surface area (Å²) in [6, 6.07) is 18.1. The maximum Gasteiger partial charge on any atom is 0.263 e. The lowest BCUT2D eigenvalue weighted by Gasteiger charge is -2.02. The van der Waals surface area contributed by atoms with Crippen molar-refractivity contribution < 1.29 is 0 Å². The molecule has 0 radical (unpaired) electrons. The number of hydrogen-bond acceptors (Lipinski definition) is 6. The molecule has 2 aromatic heterocycles. The molecule has 2 heterocycles. The molecule has 36 heavy (non-hydrogen) atoms. The van der Waals surface area contributed by atoms with Crippen molar-refractivity contribution in [2.75, 3.05) is 0 Å². The van der Waals surface area contributed by atoms with E-state index >= 15 is 0 Å². The van der Waals surface area contributed by atoms with E-state index in [2.05, 4.69) is 0 Å². The van der Waals surface area contributed by atoms with Gasteiger partial charge in [0, 0.05) is 0 Å². The van der Waals surface area contributed by atoms with Gasteiger partial charge in [0.1, 0.15) is 12.1 Å². The van der Waals surface area contributed by atoms with Gasteiger partial charge < -0.3 is 0 Å². The van der Waals surface area contributed by atoms with Crippen molar-refractivity contribution in [2.45, 2.75) is 26.9 Å². The molecule has 0 spiro atoms. The van der Waals surface area contributed by atoms with E-state index in [0.717, 1.165) is 20.3 Å². The molecule has 0 unspecified atom stereocenters. The molecule has 0 saturated heterocycles. The van der Waals surface area contributed by atoms with Crippen molar-refractivity contribution in [3.63, 3.8) is 0 Å². The van der Waals surface area contributed by atoms with Gasteiger partial charge in [0.15, 0.2) is 0 Å². The summed E-state index contributed by atoms with van der Waals surface area (Å²) in [5.41, 5.74) is -0.444. The first-order valence-corrected chi connectivity index (χ1v) is 11.1. The summed E-state index contributed by atoms with van der Waals surface area (Å²) >= 11 is 0. The average Bonchev–Trinajstić information content (AvgIpc) is 3.26. The highest BCUT2D eigenvalue weighted by Crippen LogP contribution is 2.26. The standard InChI is InChI=1S/C28H18N4O4/c1-15-3-7-17(8-4-15)13-31-25(33)21-19(11-29)23-24(20(12-30)22(21)26(31)34)28(36)32(27(23)35)14-18-9-5-16(2)6-10-18/h3-10H,13-14H2,1-2H3. The van der Waals surface area contributed by atoms with Crippen LogP contribution in [0, 0.1) is 36.5 Å². The van der Waals surface area contributed by atoms with E-state index in [-0.39, 0.29) is 45.8 Å². The van der Waals surface area contributed by atoms with E-state index < -0.39 is 22.2 Å². The van der Waals surface area contributed by atoms with E-state index in [0.29, 0.717) is 11.1 Å². The molecule has 0 bridgehead atoms. The first-order chi connectivity index (χ1) is 17.3. The maximum absolute atomic E-state index is 13.4. The Labute approximate surface area is 203 Å². The van der Waals surface area contributed by atoms with Gasteiger partial charge in [-0.3, -0.25) is 28.3 Å². The van der Waals surface area contributed by atoms with Crippen LogP contribution < -0.4 is 22.2 Å². The van der Waals surface area contributed by atoms with E-state index in [1.165, 1.54) is 0 Å². The number of fused-ring (bicyclic) bond motifs is 2. The summed E-state index contributed by atoms with van der Waals surface area (Å²) in [4.78, 5) is 53.4. The third-order valence-corrected chi connectivity index (χ3v) is 6.48. The van der Waals surface area contributed by atoms with Gasteiger partial charge in [-0.05, 0) is 25.0 Å². The molecule has 8 nitrogen and oxygen atoms in total. The Morgan fingerprint density at radius 2 is 0.833 bits per heavy atom. The van der Waals surface area contributed by atoms with E-state index in [4.69, 9.17) is 0 Å². The molecule has 5 aromatic rings. The molecular formula is C28H18N4O4. The van der Waals surface area contributed by atoms with Gasteiger partial charge in [-0.15, -0.1) is 0 Å². The number of nitrogens with zero attached hydrogens (tertiary/aromatic N) is 4. The fourth-order valence-electron chi connectivity index (χ4n) is 4.59. The second kappa shape index (κ2) is 8.30. The van der Waals surface area contributed by atoms with Crippen molar-refractivity contribution >= 4 is 21.5 Å². The predicted molar refractivity (Wildman–Crippen MR) is 135 cm³/mol. The number of aryl methyl sites for hydroxylation is 2. The Morgan fingerprint density at radius 1 is 0.556 bits per heavy atom. The van der Waals surface area contributed by atoms with Crippen LogP contribution in [0.1, 0.15) is 33.4 Å². The minimum Gasteiger partial charge on any atom is -0.270 e. The van der Waals surface area contributed by atoms with Crippen LogP contribution in [0.25, 0.3) is 21.5 Å². The topological polar surface area (TPSA) is 126 Å². The zero-order valence-electron chi connectivity index (χ0n) is 19.5. The highest BCUT2D eigenvalue weighted by atomic mass is 16.2. The Bertz CT molecular complexity index is 1760. The molecule has 0 atom stereocenters. The lowest BCUT2D eigenvalue weighted by Crippen LogP contribution is -2.27. The predicted octanol–water partition coefficient (Wildman–Crippen LogP) is 2.37. The normalized spacial score (nSPS) is 11.1. The number of nitriles is 2. The zero-order valence-corrected chi connectivity index (χ0v) is 19.5. The smallest absolute Gasteiger partial charge is 0.263 e. The molecule has 0 aliphatic rings.